The smallest absolute Gasteiger partial charge is 0.227 e. The van der Waals surface area contributed by atoms with Crippen molar-refractivity contribution in [1.29, 1.82) is 0 Å². The summed E-state index contributed by atoms with van der Waals surface area (Å²) in [5, 5.41) is 9.56. The van der Waals surface area contributed by atoms with Crippen molar-refractivity contribution < 1.29 is 9.90 Å². The quantitative estimate of drug-likeness (QED) is 0.887. The first-order valence-electron chi connectivity index (χ1n) is 6.71. The third kappa shape index (κ3) is 2.66. The Morgan fingerprint density at radius 3 is 2.72 bits per heavy atom. The highest BCUT2D eigenvalue weighted by Crippen LogP contribution is 2.32. The summed E-state index contributed by atoms with van der Waals surface area (Å²) in [5.41, 5.74) is 1.86. The van der Waals surface area contributed by atoms with Crippen LogP contribution in [0.2, 0.25) is 0 Å². The van der Waals surface area contributed by atoms with Gasteiger partial charge in [0.25, 0.3) is 0 Å². The molecule has 1 N–H and O–H groups in total. The summed E-state index contributed by atoms with van der Waals surface area (Å²) in [6, 6.07) is 5.19. The average molecular weight is 247 g/mol. The minimum atomic E-state index is 0.177. The van der Waals surface area contributed by atoms with Crippen LogP contribution < -0.4 is 4.90 Å². The summed E-state index contributed by atoms with van der Waals surface area (Å²) in [5.74, 6) is 0.963. The van der Waals surface area contributed by atoms with Crippen molar-refractivity contribution in [3.8, 4) is 5.75 Å². The molecule has 0 radical (unpaired) electrons. The Hall–Kier alpha value is -1.51. The molecule has 1 amide bonds. The lowest BCUT2D eigenvalue weighted by atomic mass is 9.82. The van der Waals surface area contributed by atoms with E-state index in [1.807, 2.05) is 19.9 Å². The van der Waals surface area contributed by atoms with Crippen molar-refractivity contribution in [2.45, 2.75) is 39.5 Å². The first-order chi connectivity index (χ1) is 8.61. The lowest BCUT2D eigenvalue weighted by Crippen LogP contribution is -2.33. The Bertz CT molecular complexity index is 438. The second-order valence-electron chi connectivity index (χ2n) is 5.11. The van der Waals surface area contributed by atoms with E-state index in [-0.39, 0.29) is 11.7 Å². The molecular formula is C15H21NO2. The molecule has 0 unspecified atom stereocenters. The van der Waals surface area contributed by atoms with E-state index in [4.69, 9.17) is 0 Å². The lowest BCUT2D eigenvalue weighted by Gasteiger charge is -2.29. The summed E-state index contributed by atoms with van der Waals surface area (Å²) >= 11 is 0. The molecule has 3 heteroatoms. The predicted molar refractivity (Wildman–Crippen MR) is 72.8 cm³/mol. The lowest BCUT2D eigenvalue weighted by molar-refractivity contribution is -0.120. The molecule has 1 aliphatic rings. The standard InChI is InChI=1S/C15H21NO2/c1-3-16(15(18)9-12-5-4-6-12)14-10-13(17)8-7-11(14)2/h7-8,10,12,17H,3-6,9H2,1-2H3. The number of aryl methyl sites for hydroxylation is 1. The van der Waals surface area contributed by atoms with Crippen LogP contribution in [-0.2, 0) is 4.79 Å². The molecule has 98 valence electrons. The zero-order chi connectivity index (χ0) is 13.1. The van der Waals surface area contributed by atoms with Gasteiger partial charge in [0.2, 0.25) is 5.91 Å². The number of phenols is 1. The van der Waals surface area contributed by atoms with E-state index in [1.54, 1.807) is 17.0 Å². The number of carbonyl (C=O) groups is 1. The van der Waals surface area contributed by atoms with Crippen LogP contribution >= 0.6 is 0 Å². The molecule has 0 heterocycles. The van der Waals surface area contributed by atoms with Gasteiger partial charge in [-0.3, -0.25) is 4.79 Å². The molecule has 0 aliphatic heterocycles. The second-order valence-corrected chi connectivity index (χ2v) is 5.11. The highest BCUT2D eigenvalue weighted by Gasteiger charge is 2.24. The maximum absolute atomic E-state index is 12.3. The van der Waals surface area contributed by atoms with Crippen LogP contribution in [0.4, 0.5) is 5.69 Å². The van der Waals surface area contributed by atoms with E-state index in [0.717, 1.165) is 11.3 Å². The number of amides is 1. The molecule has 3 nitrogen and oxygen atoms in total. The largest absolute Gasteiger partial charge is 0.508 e. The van der Waals surface area contributed by atoms with Crippen LogP contribution in [0.1, 0.15) is 38.2 Å². The minimum absolute atomic E-state index is 0.177. The van der Waals surface area contributed by atoms with Gasteiger partial charge in [-0.2, -0.15) is 0 Å². The fraction of sp³-hybridized carbons (Fsp3) is 0.533. The zero-order valence-electron chi connectivity index (χ0n) is 11.1. The maximum atomic E-state index is 12.3. The van der Waals surface area contributed by atoms with Crippen molar-refractivity contribution in [2.75, 3.05) is 11.4 Å². The number of hydrogen-bond donors (Lipinski definition) is 1. The van der Waals surface area contributed by atoms with Crippen LogP contribution in [0.3, 0.4) is 0 Å². The molecule has 1 aliphatic carbocycles. The summed E-state index contributed by atoms with van der Waals surface area (Å²) in [6.07, 6.45) is 4.27. The predicted octanol–water partition coefficient (Wildman–Crippen LogP) is 3.24. The minimum Gasteiger partial charge on any atom is -0.508 e. The van der Waals surface area contributed by atoms with Gasteiger partial charge in [-0.05, 0) is 44.2 Å². The molecule has 2 rings (SSSR count). The Labute approximate surface area is 108 Å². The summed E-state index contributed by atoms with van der Waals surface area (Å²) in [4.78, 5) is 14.1. The fourth-order valence-electron chi connectivity index (χ4n) is 2.42. The molecule has 1 saturated carbocycles. The highest BCUT2D eigenvalue weighted by atomic mass is 16.3. The Morgan fingerprint density at radius 2 is 2.17 bits per heavy atom. The number of hydrogen-bond acceptors (Lipinski definition) is 2. The van der Waals surface area contributed by atoms with E-state index in [0.29, 0.717) is 18.9 Å². The first-order valence-corrected chi connectivity index (χ1v) is 6.71. The molecule has 0 aromatic heterocycles. The second kappa shape index (κ2) is 5.42. The molecule has 1 aromatic carbocycles. The van der Waals surface area contributed by atoms with E-state index < -0.39 is 0 Å². The van der Waals surface area contributed by atoms with E-state index >= 15 is 0 Å². The third-order valence-electron chi connectivity index (χ3n) is 3.79. The van der Waals surface area contributed by atoms with E-state index in [9.17, 15) is 9.90 Å². The van der Waals surface area contributed by atoms with Crippen LogP contribution in [-0.4, -0.2) is 17.6 Å². The van der Waals surface area contributed by atoms with Gasteiger partial charge in [0.1, 0.15) is 5.75 Å². The van der Waals surface area contributed by atoms with Crippen molar-refractivity contribution in [3.05, 3.63) is 23.8 Å². The molecule has 18 heavy (non-hydrogen) atoms. The average Bonchev–Trinajstić information content (AvgIpc) is 2.29. The summed E-state index contributed by atoms with van der Waals surface area (Å²) in [7, 11) is 0. The van der Waals surface area contributed by atoms with Crippen molar-refractivity contribution in [2.24, 2.45) is 5.92 Å². The number of aromatic hydroxyl groups is 1. The monoisotopic (exact) mass is 247 g/mol. The van der Waals surface area contributed by atoms with Gasteiger partial charge in [0.15, 0.2) is 0 Å². The van der Waals surface area contributed by atoms with Gasteiger partial charge >= 0.3 is 0 Å². The number of benzene rings is 1. The number of carbonyl (C=O) groups excluding carboxylic acids is 1. The van der Waals surface area contributed by atoms with Crippen LogP contribution in [0.15, 0.2) is 18.2 Å². The fourth-order valence-corrected chi connectivity index (χ4v) is 2.42. The Kier molecular flexibility index (Phi) is 3.90. The van der Waals surface area contributed by atoms with Crippen molar-refractivity contribution in [3.63, 3.8) is 0 Å². The molecule has 0 atom stereocenters. The van der Waals surface area contributed by atoms with Crippen molar-refractivity contribution >= 4 is 11.6 Å². The van der Waals surface area contributed by atoms with Gasteiger partial charge in [0.05, 0.1) is 5.69 Å². The molecule has 0 spiro atoms. The Balaban J connectivity index is 2.15. The maximum Gasteiger partial charge on any atom is 0.227 e. The third-order valence-corrected chi connectivity index (χ3v) is 3.79. The topological polar surface area (TPSA) is 40.5 Å². The molecule has 0 bridgehead atoms. The van der Waals surface area contributed by atoms with Crippen molar-refractivity contribution in [1.82, 2.24) is 0 Å². The summed E-state index contributed by atoms with van der Waals surface area (Å²) in [6.45, 7) is 4.59. The number of rotatable bonds is 4. The Morgan fingerprint density at radius 1 is 1.44 bits per heavy atom. The first kappa shape index (κ1) is 12.9. The van der Waals surface area contributed by atoms with Gasteiger partial charge in [0, 0.05) is 19.0 Å². The molecular weight excluding hydrogens is 226 g/mol. The van der Waals surface area contributed by atoms with E-state index in [1.165, 1.54) is 19.3 Å². The van der Waals surface area contributed by atoms with Gasteiger partial charge in [-0.15, -0.1) is 0 Å². The number of phenolic OH excluding ortho intramolecular Hbond substituents is 1. The SMILES string of the molecule is CCN(C(=O)CC1CCC1)c1cc(O)ccc1C. The molecule has 1 aromatic rings. The van der Waals surface area contributed by atoms with Gasteiger partial charge < -0.3 is 10.0 Å². The number of nitrogens with zero attached hydrogens (tertiary/aromatic N) is 1. The molecule has 0 saturated heterocycles. The summed E-state index contributed by atoms with van der Waals surface area (Å²) < 4.78 is 0. The highest BCUT2D eigenvalue weighted by molar-refractivity contribution is 5.94. The normalized spacial score (nSPS) is 15.2. The zero-order valence-corrected chi connectivity index (χ0v) is 11.1. The van der Waals surface area contributed by atoms with Gasteiger partial charge in [-0.25, -0.2) is 0 Å². The van der Waals surface area contributed by atoms with Gasteiger partial charge in [-0.1, -0.05) is 12.5 Å². The van der Waals surface area contributed by atoms with Crippen LogP contribution in [0.5, 0.6) is 5.75 Å². The van der Waals surface area contributed by atoms with E-state index in [2.05, 4.69) is 0 Å². The van der Waals surface area contributed by atoms with Crippen LogP contribution in [0.25, 0.3) is 0 Å². The van der Waals surface area contributed by atoms with Crippen LogP contribution in [0, 0.1) is 12.8 Å². The number of anilines is 1. The molecule has 1 fully saturated rings.